The topological polar surface area (TPSA) is 92.2 Å². The Hall–Kier alpha value is -3.73. The summed E-state index contributed by atoms with van der Waals surface area (Å²) in [5.74, 6) is -0.0611. The second-order valence-corrected chi connectivity index (χ2v) is 6.37. The van der Waals surface area contributed by atoms with Crippen LogP contribution in [0.15, 0.2) is 47.0 Å². The van der Waals surface area contributed by atoms with Gasteiger partial charge in [0.1, 0.15) is 0 Å². The lowest BCUT2D eigenvalue weighted by atomic mass is 10.1. The third-order valence-corrected chi connectivity index (χ3v) is 4.64. The quantitative estimate of drug-likeness (QED) is 0.692. The molecule has 0 spiro atoms. The highest BCUT2D eigenvalue weighted by Crippen LogP contribution is 2.33. The van der Waals surface area contributed by atoms with E-state index in [1.165, 1.54) is 24.1 Å². The molecule has 1 unspecified atom stereocenters. The average molecular weight is 378 g/mol. The van der Waals surface area contributed by atoms with Crippen molar-refractivity contribution < 1.29 is 18.4 Å². The highest BCUT2D eigenvalue weighted by molar-refractivity contribution is 5.96. The number of aromatic nitrogens is 2. The number of carbonyl (C=O) groups is 1. The zero-order chi connectivity index (χ0) is 19.7. The minimum atomic E-state index is -0.529. The molecule has 1 fully saturated rings. The maximum absolute atomic E-state index is 14.0. The molecule has 4 rings (SSSR count). The molecule has 1 aliphatic heterocycles. The van der Waals surface area contributed by atoms with E-state index < -0.39 is 5.82 Å². The molecule has 1 atom stereocenters. The number of ether oxygens (including phenoxy) is 1. The van der Waals surface area contributed by atoms with Crippen LogP contribution in [0.1, 0.15) is 23.7 Å². The molecule has 1 saturated heterocycles. The predicted molar refractivity (Wildman–Crippen MR) is 97.1 cm³/mol. The number of nitrogens with zero attached hydrogens (tertiary/aromatic N) is 4. The molecule has 1 aromatic heterocycles. The van der Waals surface area contributed by atoms with Gasteiger partial charge in [-0.05, 0) is 36.4 Å². The first-order valence-corrected chi connectivity index (χ1v) is 8.57. The van der Waals surface area contributed by atoms with Crippen LogP contribution in [-0.4, -0.2) is 29.7 Å². The standard InChI is InChI=1S/C20H15FN4O3/c1-27-17-7-6-15(9-16(17)21)25-11-14(8-18(25)26)19-23-20(28-24-19)13-4-2-12(10-22)3-5-13/h2-7,9,14H,8,11H2,1H3. The van der Waals surface area contributed by atoms with Crippen molar-refractivity contribution in [2.24, 2.45) is 0 Å². The monoisotopic (exact) mass is 378 g/mol. The van der Waals surface area contributed by atoms with E-state index in [0.717, 1.165) is 0 Å². The maximum Gasteiger partial charge on any atom is 0.257 e. The zero-order valence-corrected chi connectivity index (χ0v) is 14.9. The van der Waals surface area contributed by atoms with Gasteiger partial charge in [0.15, 0.2) is 17.4 Å². The number of hydrogen-bond acceptors (Lipinski definition) is 6. The number of rotatable bonds is 4. The lowest BCUT2D eigenvalue weighted by molar-refractivity contribution is -0.117. The molecular weight excluding hydrogens is 363 g/mol. The van der Waals surface area contributed by atoms with Crippen molar-refractivity contribution in [2.45, 2.75) is 12.3 Å². The van der Waals surface area contributed by atoms with Crippen LogP contribution in [0.4, 0.5) is 10.1 Å². The molecule has 28 heavy (non-hydrogen) atoms. The largest absolute Gasteiger partial charge is 0.494 e. The number of benzene rings is 2. The molecule has 7 nitrogen and oxygen atoms in total. The van der Waals surface area contributed by atoms with Crippen molar-refractivity contribution in [3.05, 3.63) is 59.7 Å². The Bertz CT molecular complexity index is 1070. The summed E-state index contributed by atoms with van der Waals surface area (Å²) in [6.45, 7) is 0.330. The number of nitriles is 1. The van der Waals surface area contributed by atoms with E-state index in [0.29, 0.717) is 35.1 Å². The van der Waals surface area contributed by atoms with Crippen molar-refractivity contribution in [1.82, 2.24) is 10.1 Å². The first-order valence-electron chi connectivity index (χ1n) is 8.57. The van der Waals surface area contributed by atoms with Crippen molar-refractivity contribution in [1.29, 1.82) is 5.26 Å². The van der Waals surface area contributed by atoms with E-state index in [2.05, 4.69) is 10.1 Å². The van der Waals surface area contributed by atoms with Crippen molar-refractivity contribution in [3.8, 4) is 23.3 Å². The van der Waals surface area contributed by atoms with Crippen LogP contribution < -0.4 is 9.64 Å². The summed E-state index contributed by atoms with van der Waals surface area (Å²) >= 11 is 0. The van der Waals surface area contributed by atoms with E-state index in [-0.39, 0.29) is 24.0 Å². The normalized spacial score (nSPS) is 16.2. The SMILES string of the molecule is COc1ccc(N2CC(c3noc(-c4ccc(C#N)cc4)n3)CC2=O)cc1F. The highest BCUT2D eigenvalue weighted by Gasteiger charge is 2.35. The maximum atomic E-state index is 14.0. The Morgan fingerprint density at radius 1 is 1.29 bits per heavy atom. The Kier molecular flexibility index (Phi) is 4.49. The molecule has 140 valence electrons. The van der Waals surface area contributed by atoms with E-state index in [1.54, 1.807) is 30.3 Å². The summed E-state index contributed by atoms with van der Waals surface area (Å²) in [7, 11) is 1.39. The van der Waals surface area contributed by atoms with E-state index in [4.69, 9.17) is 14.5 Å². The molecule has 0 radical (unpaired) electrons. The lowest BCUT2D eigenvalue weighted by Crippen LogP contribution is -2.24. The number of hydrogen-bond donors (Lipinski definition) is 0. The van der Waals surface area contributed by atoms with Crippen molar-refractivity contribution in [3.63, 3.8) is 0 Å². The van der Waals surface area contributed by atoms with Crippen molar-refractivity contribution >= 4 is 11.6 Å². The van der Waals surface area contributed by atoms with Crippen LogP contribution in [0, 0.1) is 17.1 Å². The second kappa shape index (κ2) is 7.12. The number of amides is 1. The van der Waals surface area contributed by atoms with Crippen LogP contribution in [-0.2, 0) is 4.79 Å². The Balaban J connectivity index is 1.53. The molecular formula is C20H15FN4O3. The average Bonchev–Trinajstić information content (AvgIpc) is 3.35. The van der Waals surface area contributed by atoms with Gasteiger partial charge in [-0.1, -0.05) is 5.16 Å². The number of carbonyl (C=O) groups excluding carboxylic acids is 1. The third-order valence-electron chi connectivity index (χ3n) is 4.64. The summed E-state index contributed by atoms with van der Waals surface area (Å²) in [5, 5.41) is 12.9. The van der Waals surface area contributed by atoms with Gasteiger partial charge in [0.2, 0.25) is 5.91 Å². The van der Waals surface area contributed by atoms with E-state index >= 15 is 0 Å². The van der Waals surface area contributed by atoms with Crippen LogP contribution in [0.5, 0.6) is 5.75 Å². The fraction of sp³-hybridized carbons (Fsp3) is 0.200. The molecule has 0 aliphatic carbocycles. The molecule has 0 saturated carbocycles. The number of halogens is 1. The fourth-order valence-electron chi connectivity index (χ4n) is 3.16. The summed E-state index contributed by atoms with van der Waals surface area (Å²) in [6, 6.07) is 13.2. The molecule has 3 aromatic rings. The number of methoxy groups -OCH3 is 1. The Morgan fingerprint density at radius 3 is 2.75 bits per heavy atom. The molecule has 0 bridgehead atoms. The minimum absolute atomic E-state index is 0.122. The van der Waals surface area contributed by atoms with Gasteiger partial charge in [-0.3, -0.25) is 4.79 Å². The van der Waals surface area contributed by atoms with Crippen LogP contribution in [0.3, 0.4) is 0 Å². The number of anilines is 1. The van der Waals surface area contributed by atoms with Crippen LogP contribution >= 0.6 is 0 Å². The first-order chi connectivity index (χ1) is 13.6. The molecule has 2 aromatic carbocycles. The van der Waals surface area contributed by atoms with Crippen LogP contribution in [0.2, 0.25) is 0 Å². The molecule has 2 heterocycles. The first kappa shape index (κ1) is 17.7. The van der Waals surface area contributed by atoms with Gasteiger partial charge in [0.25, 0.3) is 5.89 Å². The summed E-state index contributed by atoms with van der Waals surface area (Å²) in [5.41, 5.74) is 1.69. The molecule has 1 aliphatic rings. The molecule has 1 amide bonds. The predicted octanol–water partition coefficient (Wildman–Crippen LogP) is 3.28. The molecule has 0 N–H and O–H groups in total. The van der Waals surface area contributed by atoms with Gasteiger partial charge >= 0.3 is 0 Å². The van der Waals surface area contributed by atoms with E-state index in [1.807, 2.05) is 6.07 Å². The minimum Gasteiger partial charge on any atom is -0.494 e. The Morgan fingerprint density at radius 2 is 2.07 bits per heavy atom. The van der Waals surface area contributed by atoms with Gasteiger partial charge in [0, 0.05) is 36.2 Å². The molecule has 8 heteroatoms. The van der Waals surface area contributed by atoms with Gasteiger partial charge in [-0.25, -0.2) is 4.39 Å². The lowest BCUT2D eigenvalue weighted by Gasteiger charge is -2.16. The Labute approximate surface area is 160 Å². The van der Waals surface area contributed by atoms with E-state index in [9.17, 15) is 9.18 Å². The summed E-state index contributed by atoms with van der Waals surface area (Å²) < 4.78 is 24.2. The van der Waals surface area contributed by atoms with Gasteiger partial charge in [-0.2, -0.15) is 10.2 Å². The highest BCUT2D eigenvalue weighted by atomic mass is 19.1. The van der Waals surface area contributed by atoms with Gasteiger partial charge in [0.05, 0.1) is 18.7 Å². The van der Waals surface area contributed by atoms with Gasteiger partial charge in [-0.15, -0.1) is 0 Å². The van der Waals surface area contributed by atoms with Gasteiger partial charge < -0.3 is 14.2 Å². The fourth-order valence-corrected chi connectivity index (χ4v) is 3.16. The summed E-state index contributed by atoms with van der Waals surface area (Å²) in [6.07, 6.45) is 0.208. The second-order valence-electron chi connectivity index (χ2n) is 6.37. The van der Waals surface area contributed by atoms with Crippen LogP contribution in [0.25, 0.3) is 11.5 Å². The third kappa shape index (κ3) is 3.18. The van der Waals surface area contributed by atoms with Crippen molar-refractivity contribution in [2.75, 3.05) is 18.6 Å². The smallest absolute Gasteiger partial charge is 0.257 e. The zero-order valence-electron chi connectivity index (χ0n) is 14.9. The summed E-state index contributed by atoms with van der Waals surface area (Å²) in [4.78, 5) is 18.3.